The number of Topliss-reactive ketones (excluding diaryl/α,β-unsaturated/α-hetero) is 1. The number of ketones is 1. The van der Waals surface area contributed by atoms with Crippen molar-refractivity contribution in [3.8, 4) is 6.07 Å². The fraction of sp³-hybridized carbons (Fsp3) is 0.235. The predicted octanol–water partition coefficient (Wildman–Crippen LogP) is 2.37. The van der Waals surface area contributed by atoms with Gasteiger partial charge in [-0.3, -0.25) is 9.59 Å². The number of anilines is 1. The Balaban J connectivity index is 2.13. The summed E-state index contributed by atoms with van der Waals surface area (Å²) in [5.41, 5.74) is 5.75. The molecule has 0 saturated carbocycles. The van der Waals surface area contributed by atoms with Gasteiger partial charge in [0.15, 0.2) is 5.78 Å². The Bertz CT molecular complexity index is 925. The van der Waals surface area contributed by atoms with Crippen LogP contribution in [-0.2, 0) is 19.7 Å². The molecule has 1 atom stereocenters. The van der Waals surface area contributed by atoms with Crippen LogP contribution in [0, 0.1) is 11.3 Å². The summed E-state index contributed by atoms with van der Waals surface area (Å²) in [4.78, 5) is 25.7. The first-order valence-corrected chi connectivity index (χ1v) is 8.26. The number of nitrogens with zero attached hydrogens (tertiary/aromatic N) is 1. The molecule has 2 heterocycles. The highest BCUT2D eigenvalue weighted by Crippen LogP contribution is 2.54. The van der Waals surface area contributed by atoms with Crippen molar-refractivity contribution in [1.82, 2.24) is 0 Å². The van der Waals surface area contributed by atoms with Crippen LogP contribution in [0.4, 0.5) is 5.69 Å². The summed E-state index contributed by atoms with van der Waals surface area (Å²) >= 11 is 3.39. The third kappa shape index (κ3) is 1.69. The number of allylic oxidation sites excluding steroid dienone is 1. The molecule has 7 heteroatoms. The van der Waals surface area contributed by atoms with Crippen molar-refractivity contribution in [3.05, 3.63) is 51.0 Å². The zero-order chi connectivity index (χ0) is 17.1. The highest BCUT2D eigenvalue weighted by Gasteiger charge is 2.59. The SMILES string of the molecule is N#CC1=C(N)OC2=C(C(=O)CCC2)[C@@]12C(=O)Nc1ccc(Br)cc12. The zero-order valence-electron chi connectivity index (χ0n) is 12.5. The summed E-state index contributed by atoms with van der Waals surface area (Å²) in [5.74, 6) is -0.347. The van der Waals surface area contributed by atoms with Crippen LogP contribution >= 0.6 is 15.9 Å². The number of carbonyl (C=O) groups excluding carboxylic acids is 2. The molecule has 6 nitrogen and oxygen atoms in total. The van der Waals surface area contributed by atoms with Crippen LogP contribution in [0.5, 0.6) is 0 Å². The number of carbonyl (C=O) groups is 2. The van der Waals surface area contributed by atoms with Gasteiger partial charge in [0.25, 0.3) is 0 Å². The maximum Gasteiger partial charge on any atom is 0.245 e. The standard InChI is InChI=1S/C17H12BrN3O3/c18-8-4-5-11-9(6-8)17(16(23)21-11)10(7-19)15(20)24-13-3-1-2-12(22)14(13)17/h4-6H,1-3,20H2,(H,21,23)/t17-/m0/s1. The molecule has 0 radical (unpaired) electrons. The number of rotatable bonds is 0. The smallest absolute Gasteiger partial charge is 0.245 e. The van der Waals surface area contributed by atoms with Crippen LogP contribution in [0.1, 0.15) is 24.8 Å². The van der Waals surface area contributed by atoms with Gasteiger partial charge in [-0.15, -0.1) is 0 Å². The van der Waals surface area contributed by atoms with Crippen LogP contribution in [0.15, 0.2) is 45.5 Å². The molecule has 1 aliphatic carbocycles. The molecule has 120 valence electrons. The molecule has 0 unspecified atom stereocenters. The van der Waals surface area contributed by atoms with Crippen molar-refractivity contribution in [3.63, 3.8) is 0 Å². The highest BCUT2D eigenvalue weighted by molar-refractivity contribution is 9.10. The third-order valence-corrected chi connectivity index (χ3v) is 5.17. The molecule has 1 amide bonds. The van der Waals surface area contributed by atoms with Crippen molar-refractivity contribution < 1.29 is 14.3 Å². The van der Waals surface area contributed by atoms with E-state index in [-0.39, 0.29) is 22.8 Å². The van der Waals surface area contributed by atoms with E-state index in [1.807, 2.05) is 6.07 Å². The minimum Gasteiger partial charge on any atom is -0.444 e. The van der Waals surface area contributed by atoms with Gasteiger partial charge in [-0.25, -0.2) is 0 Å². The minimum absolute atomic E-state index is 0.0362. The molecule has 0 fully saturated rings. The fourth-order valence-electron chi connectivity index (χ4n) is 3.74. The van der Waals surface area contributed by atoms with Gasteiger partial charge in [-0.2, -0.15) is 5.26 Å². The summed E-state index contributed by atoms with van der Waals surface area (Å²) in [6.45, 7) is 0. The third-order valence-electron chi connectivity index (χ3n) is 4.68. The van der Waals surface area contributed by atoms with E-state index in [0.29, 0.717) is 36.3 Å². The molecule has 0 bridgehead atoms. The molecule has 2 aliphatic heterocycles. The Labute approximate surface area is 146 Å². The van der Waals surface area contributed by atoms with Gasteiger partial charge in [0, 0.05) is 28.6 Å². The number of halogens is 1. The molecular formula is C17H12BrN3O3. The van der Waals surface area contributed by atoms with E-state index in [1.165, 1.54) is 0 Å². The van der Waals surface area contributed by atoms with Crippen LogP contribution < -0.4 is 11.1 Å². The number of amides is 1. The average Bonchev–Trinajstić information content (AvgIpc) is 2.81. The summed E-state index contributed by atoms with van der Waals surface area (Å²) in [5, 5.41) is 12.5. The molecule has 4 rings (SSSR count). The van der Waals surface area contributed by atoms with Crippen molar-refractivity contribution in [2.75, 3.05) is 5.32 Å². The first kappa shape index (κ1) is 15.0. The highest BCUT2D eigenvalue weighted by atomic mass is 79.9. The Morgan fingerprint density at radius 2 is 2.12 bits per heavy atom. The first-order chi connectivity index (χ1) is 11.5. The number of hydrogen-bond acceptors (Lipinski definition) is 5. The number of nitrogens with two attached hydrogens (primary N) is 1. The summed E-state index contributed by atoms with van der Waals surface area (Å²) in [6, 6.07) is 7.27. The van der Waals surface area contributed by atoms with E-state index in [0.717, 1.165) is 4.47 Å². The number of nitriles is 1. The quantitative estimate of drug-likeness (QED) is 0.712. The summed E-state index contributed by atoms with van der Waals surface area (Å²) in [7, 11) is 0. The summed E-state index contributed by atoms with van der Waals surface area (Å²) in [6.07, 6.45) is 1.47. The number of ether oxygens (including phenoxy) is 1. The van der Waals surface area contributed by atoms with Gasteiger partial charge in [-0.05, 0) is 24.6 Å². The maximum atomic E-state index is 13.0. The molecule has 1 aromatic carbocycles. The molecule has 0 aromatic heterocycles. The zero-order valence-corrected chi connectivity index (χ0v) is 14.1. The van der Waals surface area contributed by atoms with Crippen LogP contribution in [-0.4, -0.2) is 11.7 Å². The van der Waals surface area contributed by atoms with Gasteiger partial charge in [0.05, 0.1) is 5.57 Å². The minimum atomic E-state index is -1.52. The van der Waals surface area contributed by atoms with E-state index in [2.05, 4.69) is 21.2 Å². The van der Waals surface area contributed by atoms with Gasteiger partial charge >= 0.3 is 0 Å². The van der Waals surface area contributed by atoms with Gasteiger partial charge in [0.1, 0.15) is 22.8 Å². The van der Waals surface area contributed by atoms with Crippen molar-refractivity contribution in [2.45, 2.75) is 24.7 Å². The van der Waals surface area contributed by atoms with E-state index in [4.69, 9.17) is 10.5 Å². The Morgan fingerprint density at radius 1 is 1.33 bits per heavy atom. The van der Waals surface area contributed by atoms with Crippen molar-refractivity contribution >= 4 is 33.3 Å². The molecular weight excluding hydrogens is 374 g/mol. The second-order valence-electron chi connectivity index (χ2n) is 5.92. The molecule has 3 aliphatic rings. The van der Waals surface area contributed by atoms with E-state index < -0.39 is 11.3 Å². The lowest BCUT2D eigenvalue weighted by molar-refractivity contribution is -0.123. The van der Waals surface area contributed by atoms with Gasteiger partial charge in [0.2, 0.25) is 11.8 Å². The van der Waals surface area contributed by atoms with Crippen molar-refractivity contribution in [2.24, 2.45) is 5.73 Å². The fourth-order valence-corrected chi connectivity index (χ4v) is 4.10. The lowest BCUT2D eigenvalue weighted by Gasteiger charge is -2.37. The van der Waals surface area contributed by atoms with Crippen LogP contribution in [0.3, 0.4) is 0 Å². The number of hydrogen-bond donors (Lipinski definition) is 2. The Hall–Kier alpha value is -2.59. The normalized spacial score (nSPS) is 25.2. The van der Waals surface area contributed by atoms with Gasteiger partial charge < -0.3 is 15.8 Å². The predicted molar refractivity (Wildman–Crippen MR) is 88.2 cm³/mol. The topological polar surface area (TPSA) is 105 Å². The van der Waals surface area contributed by atoms with Crippen molar-refractivity contribution in [1.29, 1.82) is 5.26 Å². The van der Waals surface area contributed by atoms with Gasteiger partial charge in [-0.1, -0.05) is 15.9 Å². The summed E-state index contributed by atoms with van der Waals surface area (Å²) < 4.78 is 6.29. The monoisotopic (exact) mass is 385 g/mol. The van der Waals surface area contributed by atoms with Crippen LogP contribution in [0.25, 0.3) is 0 Å². The molecule has 1 aromatic rings. The first-order valence-electron chi connectivity index (χ1n) is 7.46. The van der Waals surface area contributed by atoms with Crippen LogP contribution in [0.2, 0.25) is 0 Å². The number of fused-ring (bicyclic) bond motifs is 3. The Kier molecular flexibility index (Phi) is 3.09. The largest absolute Gasteiger partial charge is 0.444 e. The number of nitrogens with one attached hydrogen (secondary N) is 1. The molecule has 1 spiro atoms. The molecule has 0 saturated heterocycles. The molecule has 24 heavy (non-hydrogen) atoms. The Morgan fingerprint density at radius 3 is 2.88 bits per heavy atom. The second-order valence-corrected chi connectivity index (χ2v) is 6.84. The average molecular weight is 386 g/mol. The van der Waals surface area contributed by atoms with E-state index in [1.54, 1.807) is 18.2 Å². The lowest BCUT2D eigenvalue weighted by atomic mass is 9.65. The van der Waals surface area contributed by atoms with E-state index >= 15 is 0 Å². The maximum absolute atomic E-state index is 13.0. The lowest BCUT2D eigenvalue weighted by Crippen LogP contribution is -2.46. The number of benzene rings is 1. The van der Waals surface area contributed by atoms with E-state index in [9.17, 15) is 14.9 Å². The second kappa shape index (κ2) is 4.95. The molecule has 3 N–H and O–H groups in total.